The molecule has 0 aliphatic rings. The minimum atomic E-state index is -0.422. The normalized spacial score (nSPS) is 10.6. The molecule has 1 aromatic rings. The van der Waals surface area contributed by atoms with Crippen molar-refractivity contribution in [2.45, 2.75) is 20.3 Å². The van der Waals surface area contributed by atoms with Crippen LogP contribution in [0.15, 0.2) is 24.3 Å². The molecule has 1 rings (SSSR count). The lowest BCUT2D eigenvalue weighted by atomic mass is 10.2. The molecule has 0 bridgehead atoms. The van der Waals surface area contributed by atoms with E-state index in [0.717, 1.165) is 0 Å². The molecule has 106 valence electrons. The Morgan fingerprint density at radius 2 is 2.00 bits per heavy atom. The van der Waals surface area contributed by atoms with E-state index in [1.165, 1.54) is 17.0 Å². The zero-order valence-corrected chi connectivity index (χ0v) is 11.4. The number of anilines is 1. The molecule has 0 aromatic heterocycles. The number of ether oxygens (including phenoxy) is 1. The van der Waals surface area contributed by atoms with E-state index in [4.69, 9.17) is 10.5 Å². The van der Waals surface area contributed by atoms with Crippen molar-refractivity contribution in [1.82, 2.24) is 0 Å². The molecular formula is C14H21FN2O2. The van der Waals surface area contributed by atoms with Crippen LogP contribution in [-0.2, 0) is 4.74 Å². The lowest BCUT2D eigenvalue weighted by molar-refractivity contribution is 0.140. The Balaban J connectivity index is 2.75. The molecule has 0 aliphatic heterocycles. The van der Waals surface area contributed by atoms with E-state index in [2.05, 4.69) is 0 Å². The fraction of sp³-hybridized carbons (Fsp3) is 0.500. The first-order chi connectivity index (χ1) is 9.04. The van der Waals surface area contributed by atoms with Crippen molar-refractivity contribution in [2.75, 3.05) is 24.6 Å². The molecule has 0 atom stereocenters. The second kappa shape index (κ2) is 7.74. The zero-order chi connectivity index (χ0) is 14.3. The fourth-order valence-corrected chi connectivity index (χ4v) is 1.51. The standard InChI is InChI=1S/C14H21FN2O2/c1-11(2)10-19-14(18)17(9-3-8-16)13-6-4-12(15)5-7-13/h4-7,11H,3,8-10,16H2,1-2H3. The molecule has 0 radical (unpaired) electrons. The van der Waals surface area contributed by atoms with Gasteiger partial charge in [-0.25, -0.2) is 9.18 Å². The predicted octanol–water partition coefficient (Wildman–Crippen LogP) is 2.77. The maximum atomic E-state index is 12.9. The van der Waals surface area contributed by atoms with Crippen LogP contribution in [-0.4, -0.2) is 25.8 Å². The van der Waals surface area contributed by atoms with Crippen molar-refractivity contribution in [3.8, 4) is 0 Å². The summed E-state index contributed by atoms with van der Waals surface area (Å²) < 4.78 is 18.1. The van der Waals surface area contributed by atoms with Crippen LogP contribution in [0, 0.1) is 11.7 Å². The summed E-state index contributed by atoms with van der Waals surface area (Å²) in [4.78, 5) is 13.5. The first-order valence-corrected chi connectivity index (χ1v) is 6.44. The maximum absolute atomic E-state index is 12.9. The third-order valence-electron chi connectivity index (χ3n) is 2.48. The molecule has 1 aromatic carbocycles. The first kappa shape index (κ1) is 15.4. The molecule has 2 N–H and O–H groups in total. The minimum absolute atomic E-state index is 0.272. The molecule has 0 spiro atoms. The average molecular weight is 268 g/mol. The number of rotatable bonds is 6. The molecule has 0 saturated heterocycles. The smallest absolute Gasteiger partial charge is 0.414 e. The fourth-order valence-electron chi connectivity index (χ4n) is 1.51. The second-order valence-electron chi connectivity index (χ2n) is 4.74. The van der Waals surface area contributed by atoms with Gasteiger partial charge < -0.3 is 10.5 Å². The third kappa shape index (κ3) is 5.26. The maximum Gasteiger partial charge on any atom is 0.414 e. The van der Waals surface area contributed by atoms with Gasteiger partial charge in [-0.15, -0.1) is 0 Å². The number of nitrogens with two attached hydrogens (primary N) is 1. The molecule has 0 aliphatic carbocycles. The number of hydrogen-bond acceptors (Lipinski definition) is 3. The van der Waals surface area contributed by atoms with E-state index in [9.17, 15) is 9.18 Å². The Morgan fingerprint density at radius 3 is 2.53 bits per heavy atom. The summed E-state index contributed by atoms with van der Waals surface area (Å²) in [7, 11) is 0. The molecule has 4 nitrogen and oxygen atoms in total. The summed E-state index contributed by atoms with van der Waals surface area (Å²) in [5.41, 5.74) is 6.08. The summed E-state index contributed by atoms with van der Waals surface area (Å²) >= 11 is 0. The van der Waals surface area contributed by atoms with E-state index in [-0.39, 0.29) is 11.7 Å². The van der Waals surface area contributed by atoms with Gasteiger partial charge in [0, 0.05) is 12.2 Å². The van der Waals surface area contributed by atoms with Gasteiger partial charge in [-0.05, 0) is 43.1 Å². The highest BCUT2D eigenvalue weighted by Gasteiger charge is 2.17. The van der Waals surface area contributed by atoms with E-state index in [1.807, 2.05) is 13.8 Å². The van der Waals surface area contributed by atoms with Crippen LogP contribution in [0.5, 0.6) is 0 Å². The van der Waals surface area contributed by atoms with Gasteiger partial charge >= 0.3 is 6.09 Å². The van der Waals surface area contributed by atoms with Gasteiger partial charge in [0.05, 0.1) is 6.61 Å². The topological polar surface area (TPSA) is 55.6 Å². The average Bonchev–Trinajstić information content (AvgIpc) is 2.38. The van der Waals surface area contributed by atoms with E-state index in [1.54, 1.807) is 12.1 Å². The highest BCUT2D eigenvalue weighted by atomic mass is 19.1. The largest absolute Gasteiger partial charge is 0.449 e. The second-order valence-corrected chi connectivity index (χ2v) is 4.74. The van der Waals surface area contributed by atoms with Crippen LogP contribution in [0.2, 0.25) is 0 Å². The zero-order valence-electron chi connectivity index (χ0n) is 11.4. The summed E-state index contributed by atoms with van der Waals surface area (Å²) in [5.74, 6) is -0.0633. The van der Waals surface area contributed by atoms with Gasteiger partial charge in [-0.1, -0.05) is 13.8 Å². The van der Waals surface area contributed by atoms with Crippen molar-refractivity contribution in [2.24, 2.45) is 11.7 Å². The highest BCUT2D eigenvalue weighted by molar-refractivity contribution is 5.87. The van der Waals surface area contributed by atoms with Gasteiger partial charge in [0.2, 0.25) is 0 Å². The van der Waals surface area contributed by atoms with Gasteiger partial charge in [-0.2, -0.15) is 0 Å². The number of carbonyl (C=O) groups is 1. The van der Waals surface area contributed by atoms with Gasteiger partial charge in [-0.3, -0.25) is 4.90 Å². The minimum Gasteiger partial charge on any atom is -0.449 e. The SMILES string of the molecule is CC(C)COC(=O)N(CCCN)c1ccc(F)cc1. The van der Waals surface area contributed by atoms with E-state index < -0.39 is 6.09 Å². The summed E-state index contributed by atoms with van der Waals surface area (Å²) in [5, 5.41) is 0. The van der Waals surface area contributed by atoms with Crippen molar-refractivity contribution < 1.29 is 13.9 Å². The third-order valence-corrected chi connectivity index (χ3v) is 2.48. The molecule has 19 heavy (non-hydrogen) atoms. The number of halogens is 1. The Labute approximate surface area is 113 Å². The highest BCUT2D eigenvalue weighted by Crippen LogP contribution is 2.16. The molecule has 0 saturated carbocycles. The summed E-state index contributed by atoms with van der Waals surface area (Å²) in [6.45, 7) is 5.23. The summed E-state index contributed by atoms with van der Waals surface area (Å²) in [6, 6.07) is 5.76. The Bertz CT molecular complexity index is 393. The van der Waals surface area contributed by atoms with Gasteiger partial charge in [0.25, 0.3) is 0 Å². The quantitative estimate of drug-likeness (QED) is 0.863. The Morgan fingerprint density at radius 1 is 1.37 bits per heavy atom. The van der Waals surface area contributed by atoms with Crippen LogP contribution < -0.4 is 10.6 Å². The molecule has 1 amide bonds. The first-order valence-electron chi connectivity index (χ1n) is 6.44. The van der Waals surface area contributed by atoms with Gasteiger partial charge in [0.1, 0.15) is 5.82 Å². The summed E-state index contributed by atoms with van der Waals surface area (Å²) in [6.07, 6.45) is 0.238. The number of hydrogen-bond donors (Lipinski definition) is 1. The van der Waals surface area contributed by atoms with Crippen LogP contribution in [0.4, 0.5) is 14.9 Å². The van der Waals surface area contributed by atoms with Crippen LogP contribution in [0.3, 0.4) is 0 Å². The van der Waals surface area contributed by atoms with Crippen molar-refractivity contribution in [1.29, 1.82) is 0 Å². The van der Waals surface area contributed by atoms with Crippen molar-refractivity contribution in [3.63, 3.8) is 0 Å². The number of amides is 1. The number of benzene rings is 1. The number of nitrogens with zero attached hydrogens (tertiary/aromatic N) is 1. The molecule has 0 fully saturated rings. The molecular weight excluding hydrogens is 247 g/mol. The monoisotopic (exact) mass is 268 g/mol. The van der Waals surface area contributed by atoms with E-state index >= 15 is 0 Å². The van der Waals surface area contributed by atoms with E-state index in [0.29, 0.717) is 31.8 Å². The molecule has 0 heterocycles. The Hall–Kier alpha value is -1.62. The molecule has 5 heteroatoms. The molecule has 0 unspecified atom stereocenters. The lowest BCUT2D eigenvalue weighted by Crippen LogP contribution is -2.34. The lowest BCUT2D eigenvalue weighted by Gasteiger charge is -2.22. The van der Waals surface area contributed by atoms with Crippen LogP contribution in [0.25, 0.3) is 0 Å². The number of carbonyl (C=O) groups excluding carboxylic acids is 1. The van der Waals surface area contributed by atoms with Crippen molar-refractivity contribution >= 4 is 11.8 Å². The predicted molar refractivity (Wildman–Crippen MR) is 73.6 cm³/mol. The van der Waals surface area contributed by atoms with Crippen LogP contribution >= 0.6 is 0 Å². The van der Waals surface area contributed by atoms with Gasteiger partial charge in [0.15, 0.2) is 0 Å². The van der Waals surface area contributed by atoms with Crippen molar-refractivity contribution in [3.05, 3.63) is 30.1 Å². The Kier molecular flexibility index (Phi) is 6.29. The van der Waals surface area contributed by atoms with Crippen LogP contribution in [0.1, 0.15) is 20.3 Å².